The number of carbonyl (C=O) groups is 1. The summed E-state index contributed by atoms with van der Waals surface area (Å²) in [5, 5.41) is 0. The van der Waals surface area contributed by atoms with E-state index in [1.165, 1.54) is 0 Å². The lowest BCUT2D eigenvalue weighted by molar-refractivity contribution is -0.134. The summed E-state index contributed by atoms with van der Waals surface area (Å²) in [5.41, 5.74) is 5.50. The van der Waals surface area contributed by atoms with E-state index in [0.29, 0.717) is 6.04 Å². The summed E-state index contributed by atoms with van der Waals surface area (Å²) in [7, 11) is 3.96. The number of piperidine rings is 1. The molecule has 5 heteroatoms. The average molecular weight is 243 g/mol. The predicted octanol–water partition coefficient (Wildman–Crippen LogP) is 0.461. The summed E-state index contributed by atoms with van der Waals surface area (Å²) in [4.78, 5) is 16.4. The molecule has 0 aromatic carbocycles. The van der Waals surface area contributed by atoms with Gasteiger partial charge in [0.05, 0.1) is 10.9 Å². The van der Waals surface area contributed by atoms with Gasteiger partial charge in [-0.1, -0.05) is 12.2 Å². The zero-order valence-electron chi connectivity index (χ0n) is 10.3. The van der Waals surface area contributed by atoms with Gasteiger partial charge >= 0.3 is 0 Å². The van der Waals surface area contributed by atoms with Gasteiger partial charge in [0.25, 0.3) is 0 Å². The SMILES string of the molecule is CC(C(=O)N(C)C1CCN(C)CC1)C(N)=S. The largest absolute Gasteiger partial charge is 0.393 e. The van der Waals surface area contributed by atoms with E-state index in [1.54, 1.807) is 6.92 Å². The van der Waals surface area contributed by atoms with Crippen molar-refractivity contribution in [2.45, 2.75) is 25.8 Å². The first-order chi connectivity index (χ1) is 7.43. The Labute approximate surface area is 103 Å². The number of amides is 1. The van der Waals surface area contributed by atoms with Crippen molar-refractivity contribution < 1.29 is 4.79 Å². The number of nitrogens with zero attached hydrogens (tertiary/aromatic N) is 2. The Morgan fingerprint density at radius 1 is 1.50 bits per heavy atom. The molecule has 1 saturated heterocycles. The Morgan fingerprint density at radius 3 is 2.44 bits per heavy atom. The molecule has 1 unspecified atom stereocenters. The van der Waals surface area contributed by atoms with E-state index in [-0.39, 0.29) is 16.8 Å². The highest BCUT2D eigenvalue weighted by Crippen LogP contribution is 2.16. The van der Waals surface area contributed by atoms with Crippen LogP contribution in [0.3, 0.4) is 0 Å². The second kappa shape index (κ2) is 5.59. The van der Waals surface area contributed by atoms with E-state index >= 15 is 0 Å². The molecule has 0 aromatic heterocycles. The van der Waals surface area contributed by atoms with E-state index in [9.17, 15) is 4.79 Å². The first-order valence-corrected chi connectivity index (χ1v) is 6.09. The fourth-order valence-corrected chi connectivity index (χ4v) is 2.09. The summed E-state index contributed by atoms with van der Waals surface area (Å²) in [6.07, 6.45) is 2.06. The van der Waals surface area contributed by atoms with Gasteiger partial charge in [0, 0.05) is 13.1 Å². The molecular weight excluding hydrogens is 222 g/mol. The molecule has 1 aliphatic heterocycles. The highest BCUT2D eigenvalue weighted by atomic mass is 32.1. The summed E-state index contributed by atoms with van der Waals surface area (Å²) in [6.45, 7) is 3.86. The maximum Gasteiger partial charge on any atom is 0.232 e. The molecule has 0 aromatic rings. The van der Waals surface area contributed by atoms with Crippen LogP contribution >= 0.6 is 12.2 Å². The van der Waals surface area contributed by atoms with Crippen molar-refractivity contribution in [2.75, 3.05) is 27.2 Å². The van der Waals surface area contributed by atoms with Gasteiger partial charge in [-0.25, -0.2) is 0 Å². The summed E-state index contributed by atoms with van der Waals surface area (Å²) < 4.78 is 0. The topological polar surface area (TPSA) is 49.6 Å². The average Bonchev–Trinajstić information content (AvgIpc) is 2.27. The van der Waals surface area contributed by atoms with Crippen LogP contribution in [-0.2, 0) is 4.79 Å². The van der Waals surface area contributed by atoms with Gasteiger partial charge in [-0.05, 0) is 39.9 Å². The Balaban J connectivity index is 2.54. The monoisotopic (exact) mass is 243 g/mol. The molecule has 16 heavy (non-hydrogen) atoms. The maximum atomic E-state index is 12.0. The van der Waals surface area contributed by atoms with Gasteiger partial charge in [-0.2, -0.15) is 0 Å². The van der Waals surface area contributed by atoms with Gasteiger partial charge in [0.1, 0.15) is 0 Å². The van der Waals surface area contributed by atoms with E-state index < -0.39 is 0 Å². The van der Waals surface area contributed by atoms with Crippen molar-refractivity contribution in [1.29, 1.82) is 0 Å². The zero-order chi connectivity index (χ0) is 12.3. The molecule has 92 valence electrons. The molecule has 0 aliphatic carbocycles. The maximum absolute atomic E-state index is 12.0. The molecule has 1 amide bonds. The van der Waals surface area contributed by atoms with Gasteiger partial charge < -0.3 is 15.5 Å². The van der Waals surface area contributed by atoms with Crippen molar-refractivity contribution in [3.05, 3.63) is 0 Å². The summed E-state index contributed by atoms with van der Waals surface area (Å²) in [5.74, 6) is -0.304. The fourth-order valence-electron chi connectivity index (χ4n) is 1.99. The van der Waals surface area contributed by atoms with Crippen LogP contribution < -0.4 is 5.73 Å². The van der Waals surface area contributed by atoms with Crippen molar-refractivity contribution in [3.8, 4) is 0 Å². The van der Waals surface area contributed by atoms with Crippen LogP contribution in [0.15, 0.2) is 0 Å². The van der Waals surface area contributed by atoms with Crippen molar-refractivity contribution in [3.63, 3.8) is 0 Å². The third-order valence-electron chi connectivity index (χ3n) is 3.38. The molecule has 1 heterocycles. The second-order valence-corrected chi connectivity index (χ2v) is 5.08. The van der Waals surface area contributed by atoms with Gasteiger partial charge in [0.15, 0.2) is 0 Å². The van der Waals surface area contributed by atoms with Gasteiger partial charge in [0.2, 0.25) is 5.91 Å². The molecule has 1 rings (SSSR count). The Kier molecular flexibility index (Phi) is 4.68. The molecule has 1 aliphatic rings. The van der Waals surface area contributed by atoms with E-state index in [4.69, 9.17) is 18.0 Å². The molecule has 0 saturated carbocycles. The normalized spacial score (nSPS) is 20.4. The van der Waals surface area contributed by atoms with Crippen molar-refractivity contribution in [2.24, 2.45) is 11.7 Å². The molecule has 4 nitrogen and oxygen atoms in total. The lowest BCUT2D eigenvalue weighted by Gasteiger charge is -2.36. The standard InChI is InChI=1S/C11H21N3OS/c1-8(10(12)16)11(15)14(3)9-4-6-13(2)7-5-9/h8-9H,4-7H2,1-3H3,(H2,12,16). The fraction of sp³-hybridized carbons (Fsp3) is 0.818. The van der Waals surface area contributed by atoms with Crippen LogP contribution in [0.5, 0.6) is 0 Å². The smallest absolute Gasteiger partial charge is 0.232 e. The first-order valence-electron chi connectivity index (χ1n) is 5.68. The van der Waals surface area contributed by atoms with Crippen LogP contribution in [0.1, 0.15) is 19.8 Å². The van der Waals surface area contributed by atoms with Gasteiger partial charge in [-0.15, -0.1) is 0 Å². The predicted molar refractivity (Wildman–Crippen MR) is 69.2 cm³/mol. The summed E-state index contributed by atoms with van der Waals surface area (Å²) >= 11 is 4.86. The van der Waals surface area contributed by atoms with Crippen molar-refractivity contribution >= 4 is 23.1 Å². The quantitative estimate of drug-likeness (QED) is 0.732. The third kappa shape index (κ3) is 3.15. The van der Waals surface area contributed by atoms with Crippen LogP contribution in [0.25, 0.3) is 0 Å². The minimum Gasteiger partial charge on any atom is -0.393 e. The van der Waals surface area contributed by atoms with Crippen LogP contribution in [0, 0.1) is 5.92 Å². The van der Waals surface area contributed by atoms with Gasteiger partial charge in [-0.3, -0.25) is 4.79 Å². The molecule has 1 atom stereocenters. The number of rotatable bonds is 3. The number of likely N-dealkylation sites (tertiary alicyclic amines) is 1. The Hall–Kier alpha value is -0.680. The lowest BCUT2D eigenvalue weighted by atomic mass is 10.0. The van der Waals surface area contributed by atoms with Crippen LogP contribution in [-0.4, -0.2) is 53.9 Å². The third-order valence-corrected chi connectivity index (χ3v) is 3.73. The number of carbonyl (C=O) groups excluding carboxylic acids is 1. The molecular formula is C11H21N3OS. The highest BCUT2D eigenvalue weighted by molar-refractivity contribution is 7.80. The second-order valence-electron chi connectivity index (χ2n) is 4.61. The minimum atomic E-state index is -0.348. The minimum absolute atomic E-state index is 0.0436. The highest BCUT2D eigenvalue weighted by Gasteiger charge is 2.27. The zero-order valence-corrected chi connectivity index (χ0v) is 11.1. The van der Waals surface area contributed by atoms with Crippen LogP contribution in [0.2, 0.25) is 0 Å². The van der Waals surface area contributed by atoms with Crippen molar-refractivity contribution in [1.82, 2.24) is 9.80 Å². The molecule has 0 bridgehead atoms. The first kappa shape index (κ1) is 13.4. The van der Waals surface area contributed by atoms with E-state index in [1.807, 2.05) is 11.9 Å². The molecule has 1 fully saturated rings. The lowest BCUT2D eigenvalue weighted by Crippen LogP contribution is -2.47. The molecule has 2 N–H and O–H groups in total. The molecule has 0 spiro atoms. The van der Waals surface area contributed by atoms with E-state index in [2.05, 4.69) is 11.9 Å². The van der Waals surface area contributed by atoms with Crippen LogP contribution in [0.4, 0.5) is 0 Å². The number of hydrogen-bond donors (Lipinski definition) is 1. The van der Waals surface area contributed by atoms with E-state index in [0.717, 1.165) is 25.9 Å². The number of hydrogen-bond acceptors (Lipinski definition) is 3. The Morgan fingerprint density at radius 2 is 2.00 bits per heavy atom. The Bertz CT molecular complexity index is 274. The molecule has 0 radical (unpaired) electrons. The number of nitrogens with two attached hydrogens (primary N) is 1. The summed E-state index contributed by atoms with van der Waals surface area (Å²) in [6, 6.07) is 0.334. The number of thiocarbonyl (C=S) groups is 1.